The second kappa shape index (κ2) is 8.12. The largest absolute Gasteiger partial charge is 0.497 e. The molecule has 3 aromatic rings. The average Bonchev–Trinajstić information content (AvgIpc) is 2.72. The van der Waals surface area contributed by atoms with Gasteiger partial charge < -0.3 is 9.47 Å². The Kier molecular flexibility index (Phi) is 5.44. The van der Waals surface area contributed by atoms with E-state index >= 15 is 0 Å². The maximum Gasteiger partial charge on any atom is 0.339 e. The maximum absolute atomic E-state index is 12.9. The molecular formula is C22H18O4. The van der Waals surface area contributed by atoms with Crippen LogP contribution in [-0.2, 0) is 4.74 Å². The Morgan fingerprint density at radius 2 is 1.31 bits per heavy atom. The number of carbonyl (C=O) groups excluding carboxylic acids is 2. The Hall–Kier alpha value is -3.40. The number of ketones is 1. The van der Waals surface area contributed by atoms with E-state index in [1.54, 1.807) is 67.8 Å². The van der Waals surface area contributed by atoms with Crippen LogP contribution in [0.1, 0.15) is 32.4 Å². The summed E-state index contributed by atoms with van der Waals surface area (Å²) in [4.78, 5) is 25.5. The molecule has 1 atom stereocenters. The number of esters is 1. The summed E-state index contributed by atoms with van der Waals surface area (Å²) in [7, 11) is 1.55. The van der Waals surface area contributed by atoms with Crippen LogP contribution in [0.3, 0.4) is 0 Å². The number of rotatable bonds is 6. The lowest BCUT2D eigenvalue weighted by atomic mass is 10.00. The molecule has 0 aliphatic carbocycles. The zero-order valence-electron chi connectivity index (χ0n) is 14.3. The monoisotopic (exact) mass is 346 g/mol. The highest BCUT2D eigenvalue weighted by Gasteiger charge is 2.26. The van der Waals surface area contributed by atoms with Crippen LogP contribution in [0.25, 0.3) is 0 Å². The van der Waals surface area contributed by atoms with Gasteiger partial charge in [0.05, 0.1) is 12.7 Å². The lowest BCUT2D eigenvalue weighted by Crippen LogP contribution is -2.20. The third-order valence-corrected chi connectivity index (χ3v) is 3.95. The van der Waals surface area contributed by atoms with Gasteiger partial charge in [-0.25, -0.2) is 4.79 Å². The van der Waals surface area contributed by atoms with Gasteiger partial charge in [0, 0.05) is 11.1 Å². The van der Waals surface area contributed by atoms with Gasteiger partial charge in [0.1, 0.15) is 5.75 Å². The van der Waals surface area contributed by atoms with E-state index in [-0.39, 0.29) is 5.78 Å². The smallest absolute Gasteiger partial charge is 0.339 e. The van der Waals surface area contributed by atoms with Crippen molar-refractivity contribution >= 4 is 11.8 Å². The van der Waals surface area contributed by atoms with Crippen LogP contribution < -0.4 is 4.74 Å². The van der Waals surface area contributed by atoms with Gasteiger partial charge >= 0.3 is 5.97 Å². The summed E-state index contributed by atoms with van der Waals surface area (Å²) >= 11 is 0. The van der Waals surface area contributed by atoms with Crippen LogP contribution in [0, 0.1) is 0 Å². The van der Waals surface area contributed by atoms with Crippen molar-refractivity contribution in [3.8, 4) is 5.75 Å². The fraction of sp³-hybridized carbons (Fsp3) is 0.0909. The normalized spacial score (nSPS) is 11.4. The lowest BCUT2D eigenvalue weighted by Gasteiger charge is -2.17. The van der Waals surface area contributed by atoms with Crippen molar-refractivity contribution in [3.63, 3.8) is 0 Å². The topological polar surface area (TPSA) is 52.6 Å². The van der Waals surface area contributed by atoms with E-state index in [4.69, 9.17) is 9.47 Å². The second-order valence-electron chi connectivity index (χ2n) is 5.65. The number of ether oxygens (including phenoxy) is 2. The molecule has 0 aliphatic rings. The van der Waals surface area contributed by atoms with Crippen LogP contribution in [0.15, 0.2) is 84.9 Å². The molecule has 0 fully saturated rings. The lowest BCUT2D eigenvalue weighted by molar-refractivity contribution is 0.0280. The maximum atomic E-state index is 12.9. The molecule has 0 heterocycles. The predicted molar refractivity (Wildman–Crippen MR) is 98.4 cm³/mol. The van der Waals surface area contributed by atoms with Crippen LogP contribution in [0.5, 0.6) is 5.75 Å². The highest BCUT2D eigenvalue weighted by Crippen LogP contribution is 2.24. The van der Waals surface area contributed by atoms with Crippen molar-refractivity contribution in [2.45, 2.75) is 6.10 Å². The van der Waals surface area contributed by atoms with Gasteiger partial charge in [-0.05, 0) is 24.3 Å². The minimum absolute atomic E-state index is 0.265. The Balaban J connectivity index is 1.88. The first-order valence-electron chi connectivity index (χ1n) is 8.18. The number of hydrogen-bond acceptors (Lipinski definition) is 4. The predicted octanol–water partition coefficient (Wildman–Crippen LogP) is 4.48. The third kappa shape index (κ3) is 3.98. The molecule has 0 aliphatic heterocycles. The molecule has 0 saturated carbocycles. The van der Waals surface area contributed by atoms with Crippen LogP contribution in [-0.4, -0.2) is 18.9 Å². The molecule has 0 saturated heterocycles. The summed E-state index contributed by atoms with van der Waals surface area (Å²) in [5.74, 6) is -0.189. The van der Waals surface area contributed by atoms with Gasteiger partial charge in [0.15, 0.2) is 6.10 Å². The molecule has 0 amide bonds. The number of methoxy groups -OCH3 is 1. The van der Waals surface area contributed by atoms with Crippen molar-refractivity contribution in [2.75, 3.05) is 7.11 Å². The molecule has 3 rings (SSSR count). The van der Waals surface area contributed by atoms with Gasteiger partial charge in [-0.2, -0.15) is 0 Å². The van der Waals surface area contributed by atoms with Crippen molar-refractivity contribution < 1.29 is 19.1 Å². The zero-order chi connectivity index (χ0) is 18.4. The first-order valence-corrected chi connectivity index (χ1v) is 8.18. The molecule has 26 heavy (non-hydrogen) atoms. The summed E-state index contributed by atoms with van der Waals surface area (Å²) in [6.07, 6.45) is -1.01. The van der Waals surface area contributed by atoms with E-state index in [0.717, 1.165) is 0 Å². The van der Waals surface area contributed by atoms with Crippen LogP contribution >= 0.6 is 0 Å². The Morgan fingerprint density at radius 3 is 1.88 bits per heavy atom. The van der Waals surface area contributed by atoms with Crippen molar-refractivity contribution in [1.82, 2.24) is 0 Å². The Labute approximate surface area is 152 Å². The quantitative estimate of drug-likeness (QED) is 0.488. The molecule has 0 spiro atoms. The van der Waals surface area contributed by atoms with Crippen molar-refractivity contribution in [1.29, 1.82) is 0 Å². The van der Waals surface area contributed by atoms with Gasteiger partial charge in [-0.15, -0.1) is 0 Å². The highest BCUT2D eigenvalue weighted by molar-refractivity contribution is 6.02. The summed E-state index contributed by atoms with van der Waals surface area (Å²) in [5, 5.41) is 0. The van der Waals surface area contributed by atoms with E-state index in [0.29, 0.717) is 22.4 Å². The molecule has 3 aromatic carbocycles. The standard InChI is InChI=1S/C22H18O4/c1-25-19-14-12-18(13-15-19)22(24)26-21(17-10-6-3-7-11-17)20(23)16-8-4-2-5-9-16/h2-15,21H,1H3/t21-/m1/s1. The van der Waals surface area contributed by atoms with Crippen molar-refractivity contribution in [3.05, 3.63) is 102 Å². The first-order chi connectivity index (χ1) is 12.7. The summed E-state index contributed by atoms with van der Waals surface area (Å²) in [5.41, 5.74) is 1.47. The van der Waals surface area contributed by atoms with Gasteiger partial charge in [0.25, 0.3) is 0 Å². The number of carbonyl (C=O) groups is 2. The molecule has 0 aromatic heterocycles. The van der Waals surface area contributed by atoms with E-state index in [9.17, 15) is 9.59 Å². The number of hydrogen-bond donors (Lipinski definition) is 0. The summed E-state index contributed by atoms with van der Waals surface area (Å²) in [6.45, 7) is 0. The highest BCUT2D eigenvalue weighted by atomic mass is 16.5. The molecule has 0 N–H and O–H groups in total. The molecule has 0 radical (unpaired) electrons. The van der Waals surface area contributed by atoms with E-state index in [2.05, 4.69) is 0 Å². The number of benzene rings is 3. The second-order valence-corrected chi connectivity index (χ2v) is 5.65. The average molecular weight is 346 g/mol. The Bertz CT molecular complexity index is 871. The van der Waals surface area contributed by atoms with Gasteiger partial charge in [-0.1, -0.05) is 60.7 Å². The molecule has 0 bridgehead atoms. The van der Waals surface area contributed by atoms with E-state index < -0.39 is 12.1 Å². The van der Waals surface area contributed by atoms with Gasteiger partial charge in [0.2, 0.25) is 5.78 Å². The SMILES string of the molecule is COc1ccc(C(=O)O[C@@H](C(=O)c2ccccc2)c2ccccc2)cc1. The molecule has 4 nitrogen and oxygen atoms in total. The molecule has 0 unspecified atom stereocenters. The van der Waals surface area contributed by atoms with Crippen LogP contribution in [0.4, 0.5) is 0 Å². The zero-order valence-corrected chi connectivity index (χ0v) is 14.3. The summed E-state index contributed by atoms with van der Waals surface area (Å²) in [6, 6.07) is 24.4. The summed E-state index contributed by atoms with van der Waals surface area (Å²) < 4.78 is 10.7. The van der Waals surface area contributed by atoms with Crippen molar-refractivity contribution in [2.24, 2.45) is 0 Å². The van der Waals surface area contributed by atoms with E-state index in [1.165, 1.54) is 0 Å². The fourth-order valence-corrected chi connectivity index (χ4v) is 2.56. The fourth-order valence-electron chi connectivity index (χ4n) is 2.56. The number of Topliss-reactive ketones (excluding diaryl/α,β-unsaturated/α-hetero) is 1. The third-order valence-electron chi connectivity index (χ3n) is 3.95. The van der Waals surface area contributed by atoms with Gasteiger partial charge in [-0.3, -0.25) is 4.79 Å². The minimum Gasteiger partial charge on any atom is -0.497 e. The molecule has 130 valence electrons. The first kappa shape index (κ1) is 17.4. The van der Waals surface area contributed by atoms with Crippen LogP contribution in [0.2, 0.25) is 0 Å². The van der Waals surface area contributed by atoms with E-state index in [1.807, 2.05) is 24.3 Å². The minimum atomic E-state index is -1.01. The molecular weight excluding hydrogens is 328 g/mol. The Morgan fingerprint density at radius 1 is 0.731 bits per heavy atom. The molecule has 4 heteroatoms.